The first-order valence-corrected chi connectivity index (χ1v) is 7.12. The zero-order valence-corrected chi connectivity index (χ0v) is 11.7. The van der Waals surface area contributed by atoms with Gasteiger partial charge in [-0.05, 0) is 49.3 Å². The van der Waals surface area contributed by atoms with Crippen LogP contribution in [0.3, 0.4) is 0 Å². The van der Waals surface area contributed by atoms with Gasteiger partial charge in [0.05, 0.1) is 0 Å². The quantitative estimate of drug-likeness (QED) is 0.788. The summed E-state index contributed by atoms with van der Waals surface area (Å²) < 4.78 is 0. The van der Waals surface area contributed by atoms with E-state index in [1.54, 1.807) is 11.3 Å². The number of hydrogen-bond donors (Lipinski definition) is 1. The van der Waals surface area contributed by atoms with Gasteiger partial charge in [0.2, 0.25) is 0 Å². The molecule has 1 aromatic heterocycles. The Kier molecular flexibility index (Phi) is 6.03. The highest BCUT2D eigenvalue weighted by molar-refractivity contribution is 7.07. The van der Waals surface area contributed by atoms with Crippen LogP contribution in [0.5, 0.6) is 0 Å². The van der Waals surface area contributed by atoms with Gasteiger partial charge < -0.3 is 10.2 Å². The highest BCUT2D eigenvalue weighted by Gasteiger charge is 2.11. The van der Waals surface area contributed by atoms with E-state index in [2.05, 4.69) is 54.7 Å². The maximum atomic E-state index is 3.65. The van der Waals surface area contributed by atoms with Crippen LogP contribution in [-0.2, 0) is 0 Å². The third kappa shape index (κ3) is 4.24. The molecule has 1 rings (SSSR count). The van der Waals surface area contributed by atoms with Gasteiger partial charge in [0.15, 0.2) is 0 Å². The molecule has 16 heavy (non-hydrogen) atoms. The van der Waals surface area contributed by atoms with Crippen molar-refractivity contribution >= 4 is 11.3 Å². The second kappa shape index (κ2) is 7.05. The van der Waals surface area contributed by atoms with E-state index < -0.39 is 0 Å². The average molecular weight is 240 g/mol. The number of thiophene rings is 1. The SMILES string of the molecule is CCN(CC)CC(C)NC(C)c1ccsc1. The molecule has 3 heteroatoms. The normalized spacial score (nSPS) is 15.3. The summed E-state index contributed by atoms with van der Waals surface area (Å²) in [5.74, 6) is 0. The summed E-state index contributed by atoms with van der Waals surface area (Å²) in [7, 11) is 0. The lowest BCUT2D eigenvalue weighted by atomic mass is 10.1. The van der Waals surface area contributed by atoms with Crippen molar-refractivity contribution in [2.75, 3.05) is 19.6 Å². The minimum atomic E-state index is 0.455. The summed E-state index contributed by atoms with van der Waals surface area (Å²) in [5, 5.41) is 8.01. The van der Waals surface area contributed by atoms with Gasteiger partial charge in [0.1, 0.15) is 0 Å². The van der Waals surface area contributed by atoms with Crippen molar-refractivity contribution in [1.29, 1.82) is 0 Å². The van der Waals surface area contributed by atoms with Crippen LogP contribution in [0.4, 0.5) is 0 Å². The van der Waals surface area contributed by atoms with E-state index in [4.69, 9.17) is 0 Å². The molecule has 92 valence electrons. The Bertz CT molecular complexity index is 267. The molecule has 0 aliphatic heterocycles. The van der Waals surface area contributed by atoms with Crippen molar-refractivity contribution in [1.82, 2.24) is 10.2 Å². The Balaban J connectivity index is 2.36. The summed E-state index contributed by atoms with van der Waals surface area (Å²) in [4.78, 5) is 2.46. The Morgan fingerprint density at radius 1 is 1.31 bits per heavy atom. The molecule has 1 heterocycles. The van der Waals surface area contributed by atoms with Gasteiger partial charge in [-0.2, -0.15) is 11.3 Å². The first kappa shape index (κ1) is 13.7. The van der Waals surface area contributed by atoms with E-state index in [1.807, 2.05) is 0 Å². The number of likely N-dealkylation sites (N-methyl/N-ethyl adjacent to an activating group) is 1. The van der Waals surface area contributed by atoms with E-state index in [1.165, 1.54) is 5.56 Å². The van der Waals surface area contributed by atoms with Crippen LogP contribution < -0.4 is 5.32 Å². The molecule has 0 spiro atoms. The standard InChI is InChI=1S/C13H24N2S/c1-5-15(6-2)9-11(3)14-12(4)13-7-8-16-10-13/h7-8,10-12,14H,5-6,9H2,1-4H3. The molecule has 0 aliphatic rings. The van der Waals surface area contributed by atoms with Gasteiger partial charge in [-0.1, -0.05) is 13.8 Å². The highest BCUT2D eigenvalue weighted by atomic mass is 32.1. The molecule has 0 bridgehead atoms. The fraction of sp³-hybridized carbons (Fsp3) is 0.692. The monoisotopic (exact) mass is 240 g/mol. The van der Waals surface area contributed by atoms with E-state index in [0.29, 0.717) is 12.1 Å². The molecule has 0 amide bonds. The maximum absolute atomic E-state index is 3.65. The Labute approximate surface area is 104 Å². The first-order chi connectivity index (χ1) is 7.67. The van der Waals surface area contributed by atoms with E-state index in [-0.39, 0.29) is 0 Å². The molecule has 0 aromatic carbocycles. The van der Waals surface area contributed by atoms with Crippen LogP contribution >= 0.6 is 11.3 Å². The van der Waals surface area contributed by atoms with E-state index in [0.717, 1.165) is 19.6 Å². The number of nitrogens with zero attached hydrogens (tertiary/aromatic N) is 1. The number of rotatable bonds is 7. The van der Waals surface area contributed by atoms with Crippen molar-refractivity contribution in [2.24, 2.45) is 0 Å². The smallest absolute Gasteiger partial charge is 0.0303 e. The largest absolute Gasteiger partial charge is 0.306 e. The molecule has 0 saturated heterocycles. The van der Waals surface area contributed by atoms with Crippen LogP contribution in [0.25, 0.3) is 0 Å². The zero-order chi connectivity index (χ0) is 12.0. The van der Waals surface area contributed by atoms with Crippen LogP contribution in [0.15, 0.2) is 16.8 Å². The molecule has 0 aliphatic carbocycles. The Hall–Kier alpha value is -0.380. The molecular weight excluding hydrogens is 216 g/mol. The summed E-state index contributed by atoms with van der Waals surface area (Å²) >= 11 is 1.77. The van der Waals surface area contributed by atoms with Crippen LogP contribution in [-0.4, -0.2) is 30.6 Å². The Morgan fingerprint density at radius 3 is 2.50 bits per heavy atom. The van der Waals surface area contributed by atoms with Crippen molar-refractivity contribution in [2.45, 2.75) is 39.8 Å². The van der Waals surface area contributed by atoms with Crippen molar-refractivity contribution in [3.8, 4) is 0 Å². The van der Waals surface area contributed by atoms with Gasteiger partial charge in [0.25, 0.3) is 0 Å². The first-order valence-electron chi connectivity index (χ1n) is 6.17. The van der Waals surface area contributed by atoms with Gasteiger partial charge in [-0.25, -0.2) is 0 Å². The van der Waals surface area contributed by atoms with E-state index in [9.17, 15) is 0 Å². The van der Waals surface area contributed by atoms with Crippen molar-refractivity contribution < 1.29 is 0 Å². The third-order valence-electron chi connectivity index (χ3n) is 3.00. The zero-order valence-electron chi connectivity index (χ0n) is 10.9. The molecule has 1 aromatic rings. The lowest BCUT2D eigenvalue weighted by molar-refractivity contribution is 0.264. The number of hydrogen-bond acceptors (Lipinski definition) is 3. The lowest BCUT2D eigenvalue weighted by Crippen LogP contribution is -2.40. The summed E-state index contributed by atoms with van der Waals surface area (Å²) in [5.41, 5.74) is 1.40. The lowest BCUT2D eigenvalue weighted by Gasteiger charge is -2.26. The van der Waals surface area contributed by atoms with Gasteiger partial charge in [-0.15, -0.1) is 0 Å². The molecule has 0 radical (unpaired) electrons. The molecule has 0 saturated carbocycles. The number of nitrogens with one attached hydrogen (secondary N) is 1. The second-order valence-electron chi connectivity index (χ2n) is 4.33. The maximum Gasteiger partial charge on any atom is 0.0303 e. The molecule has 0 fully saturated rings. The minimum Gasteiger partial charge on any atom is -0.306 e. The Morgan fingerprint density at radius 2 is 2.00 bits per heavy atom. The fourth-order valence-electron chi connectivity index (χ4n) is 1.97. The molecule has 2 atom stereocenters. The van der Waals surface area contributed by atoms with Gasteiger partial charge >= 0.3 is 0 Å². The van der Waals surface area contributed by atoms with Crippen molar-refractivity contribution in [3.63, 3.8) is 0 Å². The summed E-state index contributed by atoms with van der Waals surface area (Å²) in [6.45, 7) is 12.3. The molecule has 2 nitrogen and oxygen atoms in total. The topological polar surface area (TPSA) is 15.3 Å². The average Bonchev–Trinajstić information content (AvgIpc) is 2.79. The third-order valence-corrected chi connectivity index (χ3v) is 3.71. The predicted molar refractivity (Wildman–Crippen MR) is 73.1 cm³/mol. The van der Waals surface area contributed by atoms with Crippen LogP contribution in [0.1, 0.15) is 39.3 Å². The minimum absolute atomic E-state index is 0.455. The molecule has 2 unspecified atom stereocenters. The van der Waals surface area contributed by atoms with Crippen molar-refractivity contribution in [3.05, 3.63) is 22.4 Å². The van der Waals surface area contributed by atoms with E-state index >= 15 is 0 Å². The summed E-state index contributed by atoms with van der Waals surface area (Å²) in [6, 6.07) is 3.19. The predicted octanol–water partition coefficient (Wildman–Crippen LogP) is 3.13. The molecule has 1 N–H and O–H groups in total. The summed E-state index contributed by atoms with van der Waals surface area (Å²) in [6.07, 6.45) is 0. The van der Waals surface area contributed by atoms with Crippen LogP contribution in [0, 0.1) is 0 Å². The van der Waals surface area contributed by atoms with Gasteiger partial charge in [0, 0.05) is 18.6 Å². The van der Waals surface area contributed by atoms with Gasteiger partial charge in [-0.3, -0.25) is 0 Å². The molecular formula is C13H24N2S. The van der Waals surface area contributed by atoms with Crippen LogP contribution in [0.2, 0.25) is 0 Å². The second-order valence-corrected chi connectivity index (χ2v) is 5.11. The highest BCUT2D eigenvalue weighted by Crippen LogP contribution is 2.16. The fourth-order valence-corrected chi connectivity index (χ4v) is 2.72.